The molecule has 7 heteroatoms. The number of rotatable bonds is 7. The molecule has 0 radical (unpaired) electrons. The number of hydrogen-bond donors (Lipinski definition) is 1. The van der Waals surface area contributed by atoms with E-state index in [0.717, 1.165) is 78.2 Å². The zero-order chi connectivity index (χ0) is 19.8. The second-order valence-electron chi connectivity index (χ2n) is 8.26. The van der Waals surface area contributed by atoms with Gasteiger partial charge in [-0.15, -0.1) is 0 Å². The minimum absolute atomic E-state index is 0.549. The van der Waals surface area contributed by atoms with Crippen LogP contribution in [-0.4, -0.2) is 112 Å². The van der Waals surface area contributed by atoms with Gasteiger partial charge in [-0.3, -0.25) is 14.8 Å². The molecule has 3 heterocycles. The van der Waals surface area contributed by atoms with Gasteiger partial charge in [-0.2, -0.15) is 0 Å². The van der Waals surface area contributed by atoms with Gasteiger partial charge < -0.3 is 19.7 Å². The van der Waals surface area contributed by atoms with Crippen molar-refractivity contribution in [3.63, 3.8) is 0 Å². The third kappa shape index (κ3) is 5.59. The molecule has 0 spiro atoms. The molecule has 0 aromatic rings. The molecule has 7 nitrogen and oxygen atoms in total. The summed E-state index contributed by atoms with van der Waals surface area (Å²) in [4.78, 5) is 12.3. The van der Waals surface area contributed by atoms with Gasteiger partial charge in [-0.25, -0.2) is 0 Å². The minimum atomic E-state index is 0.549. The summed E-state index contributed by atoms with van der Waals surface area (Å²) in [5.41, 5.74) is 0. The van der Waals surface area contributed by atoms with Crippen molar-refractivity contribution in [2.24, 2.45) is 10.9 Å². The van der Waals surface area contributed by atoms with Gasteiger partial charge in [0.15, 0.2) is 5.96 Å². The summed E-state index contributed by atoms with van der Waals surface area (Å²) in [6.07, 6.45) is 3.67. The van der Waals surface area contributed by atoms with Crippen molar-refractivity contribution in [1.29, 1.82) is 0 Å². The van der Waals surface area contributed by atoms with Crippen LogP contribution < -0.4 is 5.32 Å². The van der Waals surface area contributed by atoms with Crippen molar-refractivity contribution in [3.8, 4) is 0 Å². The lowest BCUT2D eigenvalue weighted by atomic mass is 9.92. The summed E-state index contributed by atoms with van der Waals surface area (Å²) in [6, 6.07) is 1.19. The second kappa shape index (κ2) is 11.3. The highest BCUT2D eigenvalue weighted by Gasteiger charge is 2.31. The molecule has 3 fully saturated rings. The van der Waals surface area contributed by atoms with Gasteiger partial charge in [0, 0.05) is 64.9 Å². The lowest BCUT2D eigenvalue weighted by Gasteiger charge is -2.39. The number of likely N-dealkylation sites (tertiary alicyclic amines) is 1. The third-order valence-electron chi connectivity index (χ3n) is 6.81. The summed E-state index contributed by atoms with van der Waals surface area (Å²) < 4.78 is 11.1. The molecule has 3 aliphatic heterocycles. The standard InChI is InChI=1S/C21H41N5O2/c1-4-18(5-2)20(25-10-14-28-15-11-25)16-23-21(22-3)26-7-6-19(17-26)24-8-12-27-13-9-24/h18-20H,4-17H2,1-3H3,(H,22,23). The van der Waals surface area contributed by atoms with Gasteiger partial charge in [-0.05, 0) is 12.3 Å². The number of ether oxygens (including phenoxy) is 2. The van der Waals surface area contributed by atoms with E-state index >= 15 is 0 Å². The molecule has 0 bridgehead atoms. The molecule has 0 aliphatic carbocycles. The molecule has 0 amide bonds. The number of nitrogens with one attached hydrogen (secondary N) is 1. The van der Waals surface area contributed by atoms with Crippen molar-refractivity contribution in [2.45, 2.75) is 45.2 Å². The molecule has 3 saturated heterocycles. The smallest absolute Gasteiger partial charge is 0.193 e. The first kappa shape index (κ1) is 21.8. The number of hydrogen-bond acceptors (Lipinski definition) is 5. The maximum atomic E-state index is 5.59. The van der Waals surface area contributed by atoms with E-state index in [-0.39, 0.29) is 0 Å². The molecule has 0 saturated carbocycles. The number of morpholine rings is 2. The van der Waals surface area contributed by atoms with Crippen LogP contribution >= 0.6 is 0 Å². The molecular formula is C21H41N5O2. The van der Waals surface area contributed by atoms with Crippen LogP contribution in [0.1, 0.15) is 33.1 Å². The van der Waals surface area contributed by atoms with Crippen molar-refractivity contribution >= 4 is 5.96 Å². The summed E-state index contributed by atoms with van der Waals surface area (Å²) >= 11 is 0. The SMILES string of the molecule is CCC(CC)C(CNC(=NC)N1CCC(N2CCOCC2)C1)N1CCOCC1. The van der Waals surface area contributed by atoms with E-state index in [0.29, 0.717) is 18.0 Å². The van der Waals surface area contributed by atoms with Crippen molar-refractivity contribution < 1.29 is 9.47 Å². The van der Waals surface area contributed by atoms with Gasteiger partial charge in [0.2, 0.25) is 0 Å². The molecule has 1 N–H and O–H groups in total. The van der Waals surface area contributed by atoms with Crippen molar-refractivity contribution in [1.82, 2.24) is 20.0 Å². The largest absolute Gasteiger partial charge is 0.379 e. The van der Waals surface area contributed by atoms with E-state index in [1.165, 1.54) is 19.3 Å². The molecule has 28 heavy (non-hydrogen) atoms. The van der Waals surface area contributed by atoms with E-state index < -0.39 is 0 Å². The maximum absolute atomic E-state index is 5.59. The number of nitrogens with zero attached hydrogens (tertiary/aromatic N) is 4. The molecule has 3 rings (SSSR count). The van der Waals surface area contributed by atoms with Crippen molar-refractivity contribution in [2.75, 3.05) is 79.3 Å². The Morgan fingerprint density at radius 1 is 1.00 bits per heavy atom. The Kier molecular flexibility index (Phi) is 8.83. The van der Waals surface area contributed by atoms with E-state index in [2.05, 4.69) is 38.9 Å². The normalized spacial score (nSPS) is 26.8. The van der Waals surface area contributed by atoms with E-state index in [1.54, 1.807) is 0 Å². The molecule has 162 valence electrons. The minimum Gasteiger partial charge on any atom is -0.379 e. The zero-order valence-corrected chi connectivity index (χ0v) is 18.2. The van der Waals surface area contributed by atoms with Gasteiger partial charge >= 0.3 is 0 Å². The monoisotopic (exact) mass is 395 g/mol. The second-order valence-corrected chi connectivity index (χ2v) is 8.26. The number of guanidine groups is 1. The fourth-order valence-corrected chi connectivity index (χ4v) is 5.04. The Morgan fingerprint density at radius 2 is 1.64 bits per heavy atom. The van der Waals surface area contributed by atoms with E-state index in [1.807, 2.05) is 7.05 Å². The van der Waals surface area contributed by atoms with Crippen LogP contribution in [0.25, 0.3) is 0 Å². The fraction of sp³-hybridized carbons (Fsp3) is 0.952. The third-order valence-corrected chi connectivity index (χ3v) is 6.81. The zero-order valence-electron chi connectivity index (χ0n) is 18.2. The topological polar surface area (TPSA) is 52.6 Å². The average molecular weight is 396 g/mol. The predicted octanol–water partition coefficient (Wildman–Crippen LogP) is 1.11. The first-order valence-corrected chi connectivity index (χ1v) is 11.4. The summed E-state index contributed by atoms with van der Waals surface area (Å²) in [7, 11) is 1.92. The van der Waals surface area contributed by atoms with Crippen LogP contribution in [0.3, 0.4) is 0 Å². The fourth-order valence-electron chi connectivity index (χ4n) is 5.04. The van der Waals surface area contributed by atoms with Crippen LogP contribution in [0, 0.1) is 5.92 Å². The van der Waals surface area contributed by atoms with Gasteiger partial charge in [0.25, 0.3) is 0 Å². The summed E-state index contributed by atoms with van der Waals surface area (Å²) in [6.45, 7) is 15.5. The Morgan fingerprint density at radius 3 is 2.25 bits per heavy atom. The van der Waals surface area contributed by atoms with Gasteiger partial charge in [0.05, 0.1) is 26.4 Å². The highest BCUT2D eigenvalue weighted by molar-refractivity contribution is 5.80. The van der Waals surface area contributed by atoms with Crippen LogP contribution in [0.2, 0.25) is 0 Å². The van der Waals surface area contributed by atoms with Crippen LogP contribution in [0.4, 0.5) is 0 Å². The molecule has 0 aromatic carbocycles. The molecule has 2 atom stereocenters. The molecular weight excluding hydrogens is 354 g/mol. The Bertz CT molecular complexity index is 473. The number of aliphatic imine (C=N–C) groups is 1. The molecule has 3 aliphatic rings. The summed E-state index contributed by atoms with van der Waals surface area (Å²) in [5, 5.41) is 3.73. The van der Waals surface area contributed by atoms with Crippen LogP contribution in [-0.2, 0) is 9.47 Å². The first-order valence-electron chi connectivity index (χ1n) is 11.4. The quantitative estimate of drug-likeness (QED) is 0.515. The van der Waals surface area contributed by atoms with Gasteiger partial charge in [0.1, 0.15) is 0 Å². The highest BCUT2D eigenvalue weighted by atomic mass is 16.5. The summed E-state index contributed by atoms with van der Waals surface area (Å²) in [5.74, 6) is 1.78. The lowest BCUT2D eigenvalue weighted by molar-refractivity contribution is 0.00258. The van der Waals surface area contributed by atoms with Crippen LogP contribution in [0.15, 0.2) is 4.99 Å². The van der Waals surface area contributed by atoms with Crippen LogP contribution in [0.5, 0.6) is 0 Å². The van der Waals surface area contributed by atoms with Crippen molar-refractivity contribution in [3.05, 3.63) is 0 Å². The average Bonchev–Trinajstić information content (AvgIpc) is 3.25. The first-order chi connectivity index (χ1) is 13.8. The van der Waals surface area contributed by atoms with E-state index in [9.17, 15) is 0 Å². The Hall–Kier alpha value is -0.890. The Labute approximate surface area is 171 Å². The molecule has 0 aromatic heterocycles. The lowest BCUT2D eigenvalue weighted by Crippen LogP contribution is -2.54. The van der Waals surface area contributed by atoms with Gasteiger partial charge in [-0.1, -0.05) is 26.7 Å². The van der Waals surface area contributed by atoms with E-state index in [4.69, 9.17) is 9.47 Å². The predicted molar refractivity (Wildman–Crippen MR) is 114 cm³/mol. The highest BCUT2D eigenvalue weighted by Crippen LogP contribution is 2.21. The maximum Gasteiger partial charge on any atom is 0.193 e. The molecule has 2 unspecified atom stereocenters. The Balaban J connectivity index is 1.55.